The molecule has 32 heavy (non-hydrogen) atoms. The summed E-state index contributed by atoms with van der Waals surface area (Å²) in [5.74, 6) is 0. The fourth-order valence-corrected chi connectivity index (χ4v) is 5.63. The van der Waals surface area contributed by atoms with Crippen LogP contribution in [0, 0.1) is 0 Å². The van der Waals surface area contributed by atoms with Crippen LogP contribution in [0.2, 0.25) is 18.1 Å². The quantitative estimate of drug-likeness (QED) is 0.135. The smallest absolute Gasteiger partial charge is 0.192 e. The average Bonchev–Trinajstić information content (AvgIpc) is 3.21. The Bertz CT molecular complexity index is 500. The van der Waals surface area contributed by atoms with Crippen molar-refractivity contribution in [1.82, 2.24) is 0 Å². The molecule has 4 nitrogen and oxygen atoms in total. The first-order valence-corrected chi connectivity index (χ1v) is 16.3. The first-order chi connectivity index (χ1) is 15.1. The molecule has 0 aromatic carbocycles. The molecular formula is C27H54O4Si. The van der Waals surface area contributed by atoms with Gasteiger partial charge in [-0.2, -0.15) is 0 Å². The molecule has 190 valence electrons. The van der Waals surface area contributed by atoms with Crippen molar-refractivity contribution < 1.29 is 19.4 Å². The van der Waals surface area contributed by atoms with Crippen LogP contribution in [0.5, 0.6) is 0 Å². The number of hydrogen-bond donors (Lipinski definition) is 2. The van der Waals surface area contributed by atoms with E-state index in [1.807, 2.05) is 6.08 Å². The third-order valence-corrected chi connectivity index (χ3v) is 11.9. The van der Waals surface area contributed by atoms with Crippen molar-refractivity contribution >= 4 is 8.32 Å². The lowest BCUT2D eigenvalue weighted by molar-refractivity contribution is -0.0744. The second-order valence-corrected chi connectivity index (χ2v) is 16.0. The normalized spacial score (nSPS) is 22.0. The zero-order valence-electron chi connectivity index (χ0n) is 22.1. The maximum absolute atomic E-state index is 10.6. The molecule has 1 heterocycles. The van der Waals surface area contributed by atoms with Gasteiger partial charge in [0.05, 0.1) is 31.0 Å². The average molecular weight is 471 g/mol. The van der Waals surface area contributed by atoms with Crippen LogP contribution in [0.4, 0.5) is 0 Å². The maximum atomic E-state index is 10.6. The van der Waals surface area contributed by atoms with Crippen molar-refractivity contribution in [2.24, 2.45) is 0 Å². The highest BCUT2D eigenvalue weighted by molar-refractivity contribution is 6.74. The molecule has 2 N–H and O–H groups in total. The molecule has 0 spiro atoms. The lowest BCUT2D eigenvalue weighted by Gasteiger charge is -2.41. The van der Waals surface area contributed by atoms with Crippen LogP contribution in [0.3, 0.4) is 0 Å². The summed E-state index contributed by atoms with van der Waals surface area (Å²) in [7, 11) is -1.88. The van der Waals surface area contributed by atoms with E-state index in [0.29, 0.717) is 6.42 Å². The van der Waals surface area contributed by atoms with Gasteiger partial charge in [0.2, 0.25) is 0 Å². The molecule has 1 aliphatic heterocycles. The van der Waals surface area contributed by atoms with E-state index in [0.717, 1.165) is 25.7 Å². The molecule has 0 unspecified atom stereocenters. The molecule has 1 fully saturated rings. The Balaban J connectivity index is 2.58. The van der Waals surface area contributed by atoms with Crippen LogP contribution < -0.4 is 0 Å². The summed E-state index contributed by atoms with van der Waals surface area (Å²) >= 11 is 0. The first-order valence-electron chi connectivity index (χ1n) is 13.4. The number of aliphatic hydroxyl groups is 2. The van der Waals surface area contributed by atoms with Gasteiger partial charge in [-0.05, 0) is 50.2 Å². The van der Waals surface area contributed by atoms with Gasteiger partial charge in [-0.15, -0.1) is 0 Å². The molecule has 1 rings (SSSR count). The predicted molar refractivity (Wildman–Crippen MR) is 139 cm³/mol. The van der Waals surface area contributed by atoms with Crippen molar-refractivity contribution in [3.8, 4) is 0 Å². The highest BCUT2D eigenvalue weighted by atomic mass is 28.4. The number of unbranched alkanes of at least 4 members (excludes halogenated alkanes) is 7. The van der Waals surface area contributed by atoms with Crippen LogP contribution >= 0.6 is 0 Å². The minimum absolute atomic E-state index is 0.0588. The Morgan fingerprint density at radius 3 is 2.12 bits per heavy atom. The van der Waals surface area contributed by atoms with E-state index in [2.05, 4.69) is 40.8 Å². The molecule has 0 aliphatic carbocycles. The largest absolute Gasteiger partial charge is 0.411 e. The van der Waals surface area contributed by atoms with Crippen LogP contribution in [-0.4, -0.2) is 49.6 Å². The highest BCUT2D eigenvalue weighted by Gasteiger charge is 2.43. The molecule has 0 saturated carbocycles. The van der Waals surface area contributed by atoms with Gasteiger partial charge in [0, 0.05) is 0 Å². The second-order valence-electron chi connectivity index (χ2n) is 11.3. The number of aliphatic hydroxyl groups excluding tert-OH is 2. The summed E-state index contributed by atoms with van der Waals surface area (Å²) < 4.78 is 13.3. The summed E-state index contributed by atoms with van der Waals surface area (Å²) in [5.41, 5.74) is 0. The van der Waals surface area contributed by atoms with Crippen molar-refractivity contribution in [3.63, 3.8) is 0 Å². The molecule has 0 amide bonds. The highest BCUT2D eigenvalue weighted by Crippen LogP contribution is 2.40. The van der Waals surface area contributed by atoms with Crippen LogP contribution in [0.1, 0.15) is 111 Å². The van der Waals surface area contributed by atoms with Crippen molar-refractivity contribution in [1.29, 1.82) is 0 Å². The summed E-state index contributed by atoms with van der Waals surface area (Å²) in [6, 6.07) is 0. The lowest BCUT2D eigenvalue weighted by Crippen LogP contribution is -2.47. The fraction of sp³-hybridized carbons (Fsp3) is 0.926. The SMILES string of the molecule is CCCCCCCCCC[C@@H](O[Si](C)(C)C(C)(C)C)[C@H]1CC[C@H]([C@H](O)CC/C=C/CO)O1. The van der Waals surface area contributed by atoms with Gasteiger partial charge in [-0.3, -0.25) is 0 Å². The number of hydrogen-bond acceptors (Lipinski definition) is 4. The van der Waals surface area contributed by atoms with E-state index < -0.39 is 14.4 Å². The zero-order chi connectivity index (χ0) is 24.0. The van der Waals surface area contributed by atoms with E-state index in [1.165, 1.54) is 51.4 Å². The monoisotopic (exact) mass is 470 g/mol. The summed E-state index contributed by atoms with van der Waals surface area (Å²) in [4.78, 5) is 0. The molecule has 0 aromatic rings. The van der Waals surface area contributed by atoms with Gasteiger partial charge in [0.1, 0.15) is 0 Å². The number of ether oxygens (including phenoxy) is 1. The summed E-state index contributed by atoms with van der Waals surface area (Å²) in [6.07, 6.45) is 18.4. The Kier molecular flexibility index (Phi) is 14.6. The van der Waals surface area contributed by atoms with Gasteiger partial charge >= 0.3 is 0 Å². The van der Waals surface area contributed by atoms with E-state index in [9.17, 15) is 5.11 Å². The Labute approximate surface area is 200 Å². The maximum Gasteiger partial charge on any atom is 0.192 e. The Hall–Kier alpha value is -0.203. The van der Waals surface area contributed by atoms with Gasteiger partial charge < -0.3 is 19.4 Å². The molecule has 0 radical (unpaired) electrons. The molecule has 5 heteroatoms. The molecule has 1 saturated heterocycles. The molecule has 4 atom stereocenters. The lowest BCUT2D eigenvalue weighted by atomic mass is 10.0. The predicted octanol–water partition coefficient (Wildman–Crippen LogP) is 7.14. The van der Waals surface area contributed by atoms with Crippen LogP contribution in [0.25, 0.3) is 0 Å². The van der Waals surface area contributed by atoms with Crippen molar-refractivity contribution in [3.05, 3.63) is 12.2 Å². The standard InChI is InChI=1S/C27H54O4Si/c1-7-8-9-10-11-12-13-16-19-26(31-32(5,6)27(2,3)4)25-21-20-24(30-25)23(29)18-15-14-17-22-28/h14,17,23-26,28-29H,7-13,15-16,18-22H2,1-6H3/b17-14+/t23-,24-,25-,26-/m1/s1. The zero-order valence-corrected chi connectivity index (χ0v) is 23.1. The van der Waals surface area contributed by atoms with Gasteiger partial charge in [0.15, 0.2) is 8.32 Å². The summed E-state index contributed by atoms with van der Waals surface area (Å²) in [5, 5.41) is 19.6. The Morgan fingerprint density at radius 2 is 1.53 bits per heavy atom. The van der Waals surface area contributed by atoms with E-state index in [4.69, 9.17) is 14.3 Å². The van der Waals surface area contributed by atoms with Gasteiger partial charge in [-0.25, -0.2) is 0 Å². The van der Waals surface area contributed by atoms with E-state index in [1.54, 1.807) is 6.08 Å². The number of allylic oxidation sites excluding steroid dienone is 1. The molecule has 0 aromatic heterocycles. The van der Waals surface area contributed by atoms with Crippen molar-refractivity contribution in [2.75, 3.05) is 6.61 Å². The Morgan fingerprint density at radius 1 is 0.938 bits per heavy atom. The summed E-state index contributed by atoms with van der Waals surface area (Å²) in [6.45, 7) is 13.9. The minimum Gasteiger partial charge on any atom is -0.411 e. The third kappa shape index (κ3) is 11.3. The molecular weight excluding hydrogens is 416 g/mol. The van der Waals surface area contributed by atoms with E-state index in [-0.39, 0.29) is 30.0 Å². The first kappa shape index (κ1) is 29.8. The van der Waals surface area contributed by atoms with E-state index >= 15 is 0 Å². The minimum atomic E-state index is -1.88. The van der Waals surface area contributed by atoms with Gasteiger partial charge in [-0.1, -0.05) is 91.2 Å². The van der Waals surface area contributed by atoms with Crippen molar-refractivity contribution in [2.45, 2.75) is 154 Å². The van der Waals surface area contributed by atoms with Crippen LogP contribution in [0.15, 0.2) is 12.2 Å². The topological polar surface area (TPSA) is 58.9 Å². The second kappa shape index (κ2) is 15.7. The number of rotatable bonds is 17. The molecule has 0 bridgehead atoms. The van der Waals surface area contributed by atoms with Gasteiger partial charge in [0.25, 0.3) is 0 Å². The fourth-order valence-electron chi connectivity index (χ4n) is 4.25. The third-order valence-electron chi connectivity index (χ3n) is 7.42. The molecule has 1 aliphatic rings. The van der Waals surface area contributed by atoms with Crippen LogP contribution in [-0.2, 0) is 9.16 Å².